The number of nitrogens with zero attached hydrogens (tertiary/aromatic N) is 1. The molecule has 3 amide bonds. The molecule has 0 unspecified atom stereocenters. The third kappa shape index (κ3) is 3.82. The SMILES string of the molecule is Cc1ccsc1CN(C)C(=O)c1ccc(NC(N)=O)cc1. The molecule has 3 N–H and O–H groups in total. The Bertz CT molecular complexity index is 649. The zero-order valence-corrected chi connectivity index (χ0v) is 12.7. The van der Waals surface area contributed by atoms with Crippen LogP contribution in [0.4, 0.5) is 10.5 Å². The van der Waals surface area contributed by atoms with Crippen LogP contribution in [0.1, 0.15) is 20.8 Å². The summed E-state index contributed by atoms with van der Waals surface area (Å²) in [6, 6.07) is 8.07. The Balaban J connectivity index is 2.05. The lowest BCUT2D eigenvalue weighted by atomic mass is 10.1. The van der Waals surface area contributed by atoms with E-state index in [0.29, 0.717) is 17.8 Å². The van der Waals surface area contributed by atoms with Crippen LogP contribution in [0.25, 0.3) is 0 Å². The molecule has 0 radical (unpaired) electrons. The van der Waals surface area contributed by atoms with E-state index >= 15 is 0 Å². The molecule has 0 bridgehead atoms. The quantitative estimate of drug-likeness (QED) is 0.911. The Morgan fingerprint density at radius 3 is 2.43 bits per heavy atom. The lowest BCUT2D eigenvalue weighted by Gasteiger charge is -2.17. The first-order chi connectivity index (χ1) is 9.97. The van der Waals surface area contributed by atoms with E-state index in [-0.39, 0.29) is 5.91 Å². The minimum atomic E-state index is -0.626. The van der Waals surface area contributed by atoms with Crippen LogP contribution in [0.2, 0.25) is 0 Å². The van der Waals surface area contributed by atoms with Crippen LogP contribution >= 0.6 is 11.3 Å². The lowest BCUT2D eigenvalue weighted by molar-refractivity contribution is 0.0786. The Morgan fingerprint density at radius 2 is 1.90 bits per heavy atom. The van der Waals surface area contributed by atoms with Gasteiger partial charge < -0.3 is 16.0 Å². The normalized spacial score (nSPS) is 10.2. The summed E-state index contributed by atoms with van der Waals surface area (Å²) in [5, 5.41) is 4.48. The molecule has 110 valence electrons. The second-order valence-electron chi connectivity index (χ2n) is 4.75. The van der Waals surface area contributed by atoms with Crippen LogP contribution < -0.4 is 11.1 Å². The summed E-state index contributed by atoms with van der Waals surface area (Å²) in [5.74, 6) is -0.0616. The molecule has 0 aliphatic rings. The fraction of sp³-hybridized carbons (Fsp3) is 0.200. The number of amides is 3. The molecular formula is C15H17N3O2S. The van der Waals surface area contributed by atoms with E-state index in [4.69, 9.17) is 5.73 Å². The minimum Gasteiger partial charge on any atom is -0.351 e. The summed E-state index contributed by atoms with van der Waals surface area (Å²) in [7, 11) is 1.77. The molecule has 0 spiro atoms. The highest BCUT2D eigenvalue weighted by atomic mass is 32.1. The van der Waals surface area contributed by atoms with Gasteiger partial charge in [-0.2, -0.15) is 0 Å². The standard InChI is InChI=1S/C15H17N3O2S/c1-10-7-8-21-13(10)9-18(2)14(19)11-3-5-12(6-4-11)17-15(16)20/h3-8H,9H2,1-2H3,(H3,16,17,20). The monoisotopic (exact) mass is 303 g/mol. The lowest BCUT2D eigenvalue weighted by Crippen LogP contribution is -2.26. The Morgan fingerprint density at radius 1 is 1.24 bits per heavy atom. The van der Waals surface area contributed by atoms with E-state index in [9.17, 15) is 9.59 Å². The highest BCUT2D eigenvalue weighted by Gasteiger charge is 2.13. The number of hydrogen-bond acceptors (Lipinski definition) is 3. The maximum Gasteiger partial charge on any atom is 0.316 e. The van der Waals surface area contributed by atoms with Crippen LogP contribution in [-0.4, -0.2) is 23.9 Å². The molecule has 2 aromatic rings. The van der Waals surface area contributed by atoms with Crippen LogP contribution in [0.3, 0.4) is 0 Å². The number of primary amides is 1. The molecule has 1 heterocycles. The summed E-state index contributed by atoms with van der Waals surface area (Å²) >= 11 is 1.64. The van der Waals surface area contributed by atoms with Crippen molar-refractivity contribution in [2.24, 2.45) is 5.73 Å². The van der Waals surface area contributed by atoms with Crippen molar-refractivity contribution in [1.29, 1.82) is 0 Å². The third-order valence-electron chi connectivity index (χ3n) is 3.10. The summed E-state index contributed by atoms with van der Waals surface area (Å²) < 4.78 is 0. The van der Waals surface area contributed by atoms with E-state index in [0.717, 1.165) is 0 Å². The number of anilines is 1. The topological polar surface area (TPSA) is 75.4 Å². The number of thiophene rings is 1. The van der Waals surface area contributed by atoms with E-state index in [1.807, 2.05) is 18.4 Å². The van der Waals surface area contributed by atoms with Gasteiger partial charge in [-0.1, -0.05) is 0 Å². The number of hydrogen-bond donors (Lipinski definition) is 2. The van der Waals surface area contributed by atoms with Gasteiger partial charge in [0.15, 0.2) is 0 Å². The van der Waals surface area contributed by atoms with Crippen molar-refractivity contribution in [3.05, 3.63) is 51.7 Å². The molecule has 0 saturated carbocycles. The van der Waals surface area contributed by atoms with E-state index in [2.05, 4.69) is 5.32 Å². The maximum atomic E-state index is 12.3. The molecule has 0 aliphatic heterocycles. The number of urea groups is 1. The summed E-state index contributed by atoms with van der Waals surface area (Å²) in [6.07, 6.45) is 0. The number of nitrogens with one attached hydrogen (secondary N) is 1. The van der Waals surface area contributed by atoms with Gasteiger partial charge in [0.05, 0.1) is 6.54 Å². The molecule has 0 aliphatic carbocycles. The molecule has 0 saturated heterocycles. The Kier molecular flexibility index (Phi) is 4.59. The largest absolute Gasteiger partial charge is 0.351 e. The maximum absolute atomic E-state index is 12.3. The zero-order valence-electron chi connectivity index (χ0n) is 11.9. The van der Waals surface area contributed by atoms with Crippen molar-refractivity contribution >= 4 is 29.0 Å². The van der Waals surface area contributed by atoms with Gasteiger partial charge in [0.2, 0.25) is 0 Å². The Labute approximate surface area is 127 Å². The third-order valence-corrected chi connectivity index (χ3v) is 4.10. The van der Waals surface area contributed by atoms with Crippen molar-refractivity contribution in [3.63, 3.8) is 0 Å². The van der Waals surface area contributed by atoms with E-state index < -0.39 is 6.03 Å². The summed E-state index contributed by atoms with van der Waals surface area (Å²) in [5.41, 5.74) is 7.37. The number of benzene rings is 1. The molecular weight excluding hydrogens is 286 g/mol. The van der Waals surface area contributed by atoms with E-state index in [1.54, 1.807) is 47.5 Å². The van der Waals surface area contributed by atoms with Gasteiger partial charge in [-0.3, -0.25) is 4.79 Å². The van der Waals surface area contributed by atoms with Gasteiger partial charge >= 0.3 is 6.03 Å². The molecule has 1 aromatic heterocycles. The second kappa shape index (κ2) is 6.41. The van der Waals surface area contributed by atoms with Crippen molar-refractivity contribution in [2.45, 2.75) is 13.5 Å². The fourth-order valence-corrected chi connectivity index (χ4v) is 2.87. The fourth-order valence-electron chi connectivity index (χ4n) is 1.91. The second-order valence-corrected chi connectivity index (χ2v) is 5.76. The minimum absolute atomic E-state index is 0.0616. The van der Waals surface area contributed by atoms with Crippen LogP contribution in [-0.2, 0) is 6.54 Å². The van der Waals surface area contributed by atoms with Crippen LogP contribution in [0.5, 0.6) is 0 Å². The average Bonchev–Trinajstić information content (AvgIpc) is 2.83. The van der Waals surface area contributed by atoms with Gasteiger partial charge in [-0.05, 0) is 48.2 Å². The van der Waals surface area contributed by atoms with E-state index in [1.165, 1.54) is 10.4 Å². The number of rotatable bonds is 4. The highest BCUT2D eigenvalue weighted by molar-refractivity contribution is 7.10. The molecule has 5 nitrogen and oxygen atoms in total. The highest BCUT2D eigenvalue weighted by Crippen LogP contribution is 2.18. The number of aryl methyl sites for hydroxylation is 1. The van der Waals surface area contributed by atoms with Crippen LogP contribution in [0.15, 0.2) is 35.7 Å². The molecule has 0 atom stereocenters. The molecule has 1 aromatic carbocycles. The predicted molar refractivity (Wildman–Crippen MR) is 84.5 cm³/mol. The molecule has 21 heavy (non-hydrogen) atoms. The van der Waals surface area contributed by atoms with Crippen molar-refractivity contribution in [3.8, 4) is 0 Å². The van der Waals surface area contributed by atoms with Gasteiger partial charge in [0.25, 0.3) is 5.91 Å². The predicted octanol–water partition coefficient (Wildman–Crippen LogP) is 2.82. The van der Waals surface area contributed by atoms with Gasteiger partial charge in [-0.25, -0.2) is 4.79 Å². The van der Waals surface area contributed by atoms with Crippen molar-refractivity contribution in [2.75, 3.05) is 12.4 Å². The first-order valence-corrected chi connectivity index (χ1v) is 7.30. The zero-order chi connectivity index (χ0) is 15.4. The number of nitrogens with two attached hydrogens (primary N) is 1. The first-order valence-electron chi connectivity index (χ1n) is 6.42. The molecule has 0 fully saturated rings. The van der Waals surface area contributed by atoms with Gasteiger partial charge in [0, 0.05) is 23.2 Å². The van der Waals surface area contributed by atoms with Crippen molar-refractivity contribution < 1.29 is 9.59 Å². The van der Waals surface area contributed by atoms with Gasteiger partial charge in [-0.15, -0.1) is 11.3 Å². The summed E-state index contributed by atoms with van der Waals surface area (Å²) in [6.45, 7) is 2.62. The smallest absolute Gasteiger partial charge is 0.316 e. The Hall–Kier alpha value is -2.34. The number of carbonyl (C=O) groups excluding carboxylic acids is 2. The van der Waals surface area contributed by atoms with Crippen LogP contribution in [0, 0.1) is 6.92 Å². The first kappa shape index (κ1) is 15.1. The van der Waals surface area contributed by atoms with Gasteiger partial charge in [0.1, 0.15) is 0 Å². The van der Waals surface area contributed by atoms with Crippen molar-refractivity contribution in [1.82, 2.24) is 4.90 Å². The molecule has 6 heteroatoms. The summed E-state index contributed by atoms with van der Waals surface area (Å²) in [4.78, 5) is 25.9. The molecule has 2 rings (SSSR count). The number of carbonyl (C=O) groups is 2. The average molecular weight is 303 g/mol.